The zero-order valence-corrected chi connectivity index (χ0v) is 17.7. The minimum Gasteiger partial charge on any atom is -0.322 e. The number of carbonyl (C=O) groups is 1. The van der Waals surface area contributed by atoms with Crippen LogP contribution < -0.4 is 5.32 Å². The van der Waals surface area contributed by atoms with Crippen LogP contribution in [-0.4, -0.2) is 10.9 Å². The molecule has 0 aliphatic heterocycles. The Hall–Kier alpha value is -2.11. The molecule has 28 heavy (non-hydrogen) atoms. The van der Waals surface area contributed by atoms with Crippen molar-refractivity contribution in [3.05, 3.63) is 80.8 Å². The van der Waals surface area contributed by atoms with E-state index in [2.05, 4.69) is 10.3 Å². The monoisotopic (exact) mass is 446 g/mol. The van der Waals surface area contributed by atoms with Crippen molar-refractivity contribution in [1.29, 1.82) is 0 Å². The third-order valence-corrected chi connectivity index (χ3v) is 6.26. The fraction of sp³-hybridized carbons (Fsp3) is 0.0476. The van der Waals surface area contributed by atoms with Crippen molar-refractivity contribution < 1.29 is 4.79 Å². The van der Waals surface area contributed by atoms with Gasteiger partial charge in [0.1, 0.15) is 5.01 Å². The Morgan fingerprint density at radius 3 is 2.43 bits per heavy atom. The number of hydrogen-bond acceptors (Lipinski definition) is 3. The Morgan fingerprint density at radius 1 is 0.964 bits per heavy atom. The highest BCUT2D eigenvalue weighted by Crippen LogP contribution is 2.33. The highest BCUT2D eigenvalue weighted by Gasteiger charge is 2.12. The standard InChI is InChI=1S/C21H13Cl3N2OS/c1-11-8-19-18(10-16(11)23)26-21(28-19)12-2-5-14(6-3-12)25-20(27)15-7-4-13(22)9-17(15)24/h2-10H,1H3,(H,25,27). The molecule has 1 amide bonds. The number of anilines is 1. The number of aryl methyl sites for hydroxylation is 1. The van der Waals surface area contributed by atoms with Gasteiger partial charge in [-0.1, -0.05) is 34.8 Å². The van der Waals surface area contributed by atoms with E-state index in [1.165, 1.54) is 0 Å². The Labute approximate surface area is 180 Å². The van der Waals surface area contributed by atoms with Gasteiger partial charge in [-0.15, -0.1) is 11.3 Å². The lowest BCUT2D eigenvalue weighted by Gasteiger charge is -2.07. The topological polar surface area (TPSA) is 42.0 Å². The molecule has 0 aliphatic carbocycles. The maximum absolute atomic E-state index is 12.4. The van der Waals surface area contributed by atoms with Crippen LogP contribution in [0.3, 0.4) is 0 Å². The van der Waals surface area contributed by atoms with Crippen LogP contribution in [0.15, 0.2) is 54.6 Å². The Kier molecular flexibility index (Phi) is 5.30. The van der Waals surface area contributed by atoms with E-state index in [4.69, 9.17) is 34.8 Å². The average Bonchev–Trinajstić information content (AvgIpc) is 3.05. The fourth-order valence-electron chi connectivity index (χ4n) is 2.74. The molecule has 1 heterocycles. The molecule has 0 spiro atoms. The van der Waals surface area contributed by atoms with Crippen molar-refractivity contribution in [2.45, 2.75) is 6.92 Å². The Bertz CT molecular complexity index is 1160. The first-order valence-corrected chi connectivity index (χ1v) is 10.3. The van der Waals surface area contributed by atoms with Gasteiger partial charge in [0.25, 0.3) is 5.91 Å². The lowest BCUT2D eigenvalue weighted by atomic mass is 10.2. The second kappa shape index (κ2) is 7.72. The molecule has 0 saturated heterocycles. The van der Waals surface area contributed by atoms with Gasteiger partial charge in [-0.05, 0) is 67.1 Å². The number of aromatic nitrogens is 1. The number of thiazole rings is 1. The molecule has 0 unspecified atom stereocenters. The predicted octanol–water partition coefficient (Wildman–Crippen LogP) is 7.48. The molecule has 7 heteroatoms. The average molecular weight is 448 g/mol. The van der Waals surface area contributed by atoms with Gasteiger partial charge in [0, 0.05) is 21.3 Å². The maximum Gasteiger partial charge on any atom is 0.257 e. The third kappa shape index (κ3) is 3.87. The first kappa shape index (κ1) is 19.2. The van der Waals surface area contributed by atoms with Crippen molar-refractivity contribution in [2.75, 3.05) is 5.32 Å². The van der Waals surface area contributed by atoms with Gasteiger partial charge in [0.15, 0.2) is 0 Å². The van der Waals surface area contributed by atoms with Gasteiger partial charge in [-0.25, -0.2) is 4.98 Å². The number of amides is 1. The van der Waals surface area contributed by atoms with Crippen molar-refractivity contribution in [1.82, 2.24) is 4.98 Å². The molecule has 3 nitrogen and oxygen atoms in total. The lowest BCUT2D eigenvalue weighted by molar-refractivity contribution is 0.102. The summed E-state index contributed by atoms with van der Waals surface area (Å²) in [4.78, 5) is 17.1. The number of halogens is 3. The quantitative estimate of drug-likeness (QED) is 0.353. The SMILES string of the molecule is Cc1cc2sc(-c3ccc(NC(=O)c4ccc(Cl)cc4Cl)cc3)nc2cc1Cl. The molecule has 140 valence electrons. The van der Waals surface area contributed by atoms with Crippen molar-refractivity contribution >= 4 is 68.0 Å². The van der Waals surface area contributed by atoms with E-state index in [9.17, 15) is 4.79 Å². The highest BCUT2D eigenvalue weighted by molar-refractivity contribution is 7.21. The summed E-state index contributed by atoms with van der Waals surface area (Å²) in [5, 5.41) is 5.24. The van der Waals surface area contributed by atoms with Crippen LogP contribution in [0.1, 0.15) is 15.9 Å². The molecule has 1 aromatic heterocycles. The minimum absolute atomic E-state index is 0.292. The number of rotatable bonds is 3. The van der Waals surface area contributed by atoms with Crippen molar-refractivity contribution in [3.8, 4) is 10.6 Å². The molecule has 0 fully saturated rings. The van der Waals surface area contributed by atoms with Gasteiger partial charge in [-0.3, -0.25) is 4.79 Å². The van der Waals surface area contributed by atoms with Crippen molar-refractivity contribution in [2.24, 2.45) is 0 Å². The molecule has 0 atom stereocenters. The molecular weight excluding hydrogens is 435 g/mol. The summed E-state index contributed by atoms with van der Waals surface area (Å²) in [6.45, 7) is 1.98. The van der Waals surface area contributed by atoms with E-state index in [0.29, 0.717) is 26.3 Å². The zero-order valence-electron chi connectivity index (χ0n) is 14.6. The van der Waals surface area contributed by atoms with Crippen LogP contribution in [0.5, 0.6) is 0 Å². The van der Waals surface area contributed by atoms with E-state index in [0.717, 1.165) is 26.4 Å². The van der Waals surface area contributed by atoms with Crippen LogP contribution >= 0.6 is 46.1 Å². The highest BCUT2D eigenvalue weighted by atomic mass is 35.5. The number of carbonyl (C=O) groups excluding carboxylic acids is 1. The second-order valence-electron chi connectivity index (χ2n) is 6.24. The van der Waals surface area contributed by atoms with E-state index in [1.54, 1.807) is 29.5 Å². The van der Waals surface area contributed by atoms with Crippen LogP contribution in [0.2, 0.25) is 15.1 Å². The summed E-state index contributed by atoms with van der Waals surface area (Å²) >= 11 is 19.8. The lowest BCUT2D eigenvalue weighted by Crippen LogP contribution is -2.12. The Morgan fingerprint density at radius 2 is 1.71 bits per heavy atom. The fourth-order valence-corrected chi connectivity index (χ4v) is 4.44. The van der Waals surface area contributed by atoms with Gasteiger partial charge in [0.05, 0.1) is 20.8 Å². The largest absolute Gasteiger partial charge is 0.322 e. The summed E-state index contributed by atoms with van der Waals surface area (Å²) in [5.74, 6) is -0.292. The summed E-state index contributed by atoms with van der Waals surface area (Å²) in [5.41, 5.74) is 3.92. The number of fused-ring (bicyclic) bond motifs is 1. The Balaban J connectivity index is 1.56. The van der Waals surface area contributed by atoms with E-state index >= 15 is 0 Å². The van der Waals surface area contributed by atoms with Crippen LogP contribution in [0.4, 0.5) is 5.69 Å². The van der Waals surface area contributed by atoms with Gasteiger partial charge in [0.2, 0.25) is 0 Å². The van der Waals surface area contributed by atoms with Crippen molar-refractivity contribution in [3.63, 3.8) is 0 Å². The number of nitrogens with one attached hydrogen (secondary N) is 1. The summed E-state index contributed by atoms with van der Waals surface area (Å²) < 4.78 is 1.09. The van der Waals surface area contributed by atoms with E-state index < -0.39 is 0 Å². The number of benzene rings is 3. The molecule has 4 aromatic rings. The normalized spacial score (nSPS) is 11.0. The summed E-state index contributed by atoms with van der Waals surface area (Å²) in [6.07, 6.45) is 0. The smallest absolute Gasteiger partial charge is 0.257 e. The van der Waals surface area contributed by atoms with E-state index in [1.807, 2.05) is 43.3 Å². The summed E-state index contributed by atoms with van der Waals surface area (Å²) in [7, 11) is 0. The summed E-state index contributed by atoms with van der Waals surface area (Å²) in [6, 6.07) is 16.2. The van der Waals surface area contributed by atoms with Gasteiger partial charge >= 0.3 is 0 Å². The van der Waals surface area contributed by atoms with Crippen LogP contribution in [-0.2, 0) is 0 Å². The second-order valence-corrected chi connectivity index (χ2v) is 8.53. The van der Waals surface area contributed by atoms with Gasteiger partial charge < -0.3 is 5.32 Å². The minimum atomic E-state index is -0.292. The number of hydrogen-bond donors (Lipinski definition) is 1. The molecule has 4 rings (SSSR count). The molecule has 1 N–H and O–H groups in total. The first-order valence-electron chi connectivity index (χ1n) is 8.34. The zero-order chi connectivity index (χ0) is 19.8. The van der Waals surface area contributed by atoms with Crippen LogP contribution in [0, 0.1) is 6.92 Å². The maximum atomic E-state index is 12.4. The van der Waals surface area contributed by atoms with Crippen LogP contribution in [0.25, 0.3) is 20.8 Å². The molecule has 0 bridgehead atoms. The predicted molar refractivity (Wildman–Crippen MR) is 119 cm³/mol. The third-order valence-electron chi connectivity index (χ3n) is 4.23. The number of nitrogens with zero attached hydrogens (tertiary/aromatic N) is 1. The molecule has 0 radical (unpaired) electrons. The molecule has 0 saturated carbocycles. The molecule has 3 aromatic carbocycles. The molecular formula is C21H13Cl3N2OS. The van der Waals surface area contributed by atoms with E-state index in [-0.39, 0.29) is 5.91 Å². The van der Waals surface area contributed by atoms with Gasteiger partial charge in [-0.2, -0.15) is 0 Å². The molecule has 0 aliphatic rings. The first-order chi connectivity index (χ1) is 13.4.